The summed E-state index contributed by atoms with van der Waals surface area (Å²) in [7, 11) is 0. The van der Waals surface area contributed by atoms with Gasteiger partial charge in [-0.15, -0.1) is 0 Å². The molecule has 4 nitrogen and oxygen atoms in total. The molecule has 0 aromatic heterocycles. The van der Waals surface area contributed by atoms with Crippen molar-refractivity contribution in [2.75, 3.05) is 0 Å². The molecule has 1 aliphatic carbocycles. The Morgan fingerprint density at radius 3 is 2.71 bits per heavy atom. The van der Waals surface area contributed by atoms with E-state index in [2.05, 4.69) is 19.1 Å². The first-order valence-corrected chi connectivity index (χ1v) is 6.23. The lowest BCUT2D eigenvalue weighted by molar-refractivity contribution is -0.131. The van der Waals surface area contributed by atoms with Crippen molar-refractivity contribution in [1.82, 2.24) is 5.06 Å². The van der Waals surface area contributed by atoms with Crippen molar-refractivity contribution in [2.45, 2.75) is 58.6 Å². The third-order valence-corrected chi connectivity index (χ3v) is 2.87. The maximum absolute atomic E-state index is 11.7. The lowest BCUT2D eigenvalue weighted by Gasteiger charge is -2.33. The van der Waals surface area contributed by atoms with Crippen LogP contribution in [0.15, 0.2) is 12.2 Å². The third-order valence-electron chi connectivity index (χ3n) is 2.87. The molecule has 0 saturated carbocycles. The van der Waals surface area contributed by atoms with E-state index in [0.717, 1.165) is 24.3 Å². The Balaban J connectivity index is 2.65. The Hall–Kier alpha value is -1.03. The first-order valence-electron chi connectivity index (χ1n) is 6.23. The van der Waals surface area contributed by atoms with Gasteiger partial charge in [0.25, 0.3) is 0 Å². The number of carbonyl (C=O) groups is 1. The summed E-state index contributed by atoms with van der Waals surface area (Å²) in [6.07, 6.45) is 6.10. The average Bonchev–Trinajstić information content (AvgIpc) is 2.25. The first kappa shape index (κ1) is 14.0. The molecule has 4 heteroatoms. The molecule has 0 aromatic carbocycles. The van der Waals surface area contributed by atoms with Crippen LogP contribution in [0.3, 0.4) is 0 Å². The van der Waals surface area contributed by atoms with Gasteiger partial charge in [0.05, 0.1) is 6.04 Å². The Bertz CT molecular complexity index is 294. The van der Waals surface area contributed by atoms with Gasteiger partial charge >= 0.3 is 6.09 Å². The molecule has 1 amide bonds. The molecule has 2 atom stereocenters. The lowest BCUT2D eigenvalue weighted by atomic mass is 9.88. The standard InChI is InChI=1S/C13H23NO3/c1-5-10-8-6-7-9-11(10)14(16)12(15)17-13(2,3)4/h6,8,10-11,16H,5,7,9H2,1-4H3/t10-,11-/m0/s1. The van der Waals surface area contributed by atoms with Crippen LogP contribution >= 0.6 is 0 Å². The summed E-state index contributed by atoms with van der Waals surface area (Å²) in [6, 6.07) is -0.167. The van der Waals surface area contributed by atoms with Crippen LogP contribution in [-0.2, 0) is 4.74 Å². The molecule has 0 aliphatic heterocycles. The number of rotatable bonds is 2. The largest absolute Gasteiger partial charge is 0.442 e. The van der Waals surface area contributed by atoms with Crippen LogP contribution in [0, 0.1) is 5.92 Å². The molecule has 0 spiro atoms. The molecule has 1 aliphatic rings. The van der Waals surface area contributed by atoms with E-state index in [1.807, 2.05) is 0 Å². The zero-order chi connectivity index (χ0) is 13.1. The second kappa shape index (κ2) is 5.54. The second-order valence-electron chi connectivity index (χ2n) is 5.47. The third kappa shape index (κ3) is 4.04. The summed E-state index contributed by atoms with van der Waals surface area (Å²) < 4.78 is 5.16. The fraction of sp³-hybridized carbons (Fsp3) is 0.769. The van der Waals surface area contributed by atoms with Crippen molar-refractivity contribution < 1.29 is 14.7 Å². The minimum Gasteiger partial charge on any atom is -0.442 e. The highest BCUT2D eigenvalue weighted by Gasteiger charge is 2.31. The van der Waals surface area contributed by atoms with E-state index in [-0.39, 0.29) is 12.0 Å². The zero-order valence-electron chi connectivity index (χ0n) is 11.1. The summed E-state index contributed by atoms with van der Waals surface area (Å²) >= 11 is 0. The topological polar surface area (TPSA) is 49.8 Å². The predicted octanol–water partition coefficient (Wildman–Crippen LogP) is 3.36. The molecule has 0 bridgehead atoms. The van der Waals surface area contributed by atoms with Gasteiger partial charge in [-0.3, -0.25) is 5.21 Å². The number of nitrogens with zero attached hydrogens (tertiary/aromatic N) is 1. The van der Waals surface area contributed by atoms with Gasteiger partial charge in [-0.2, -0.15) is 5.06 Å². The maximum Gasteiger partial charge on any atom is 0.434 e. The lowest BCUT2D eigenvalue weighted by Crippen LogP contribution is -2.45. The van der Waals surface area contributed by atoms with Gasteiger partial charge in [0.1, 0.15) is 5.60 Å². The van der Waals surface area contributed by atoms with E-state index in [1.165, 1.54) is 0 Å². The Labute approximate surface area is 103 Å². The fourth-order valence-electron chi connectivity index (χ4n) is 2.04. The van der Waals surface area contributed by atoms with Gasteiger partial charge in [-0.1, -0.05) is 19.1 Å². The number of amides is 1. The summed E-state index contributed by atoms with van der Waals surface area (Å²) in [4.78, 5) is 11.7. The zero-order valence-corrected chi connectivity index (χ0v) is 11.1. The van der Waals surface area contributed by atoms with Gasteiger partial charge in [0, 0.05) is 0 Å². The van der Waals surface area contributed by atoms with Gasteiger partial charge in [-0.05, 0) is 46.0 Å². The van der Waals surface area contributed by atoms with Crippen LogP contribution in [-0.4, -0.2) is 28.0 Å². The molecule has 1 N–H and O–H groups in total. The number of ether oxygens (including phenoxy) is 1. The average molecular weight is 241 g/mol. The smallest absolute Gasteiger partial charge is 0.434 e. The van der Waals surface area contributed by atoms with Crippen LogP contribution in [0.1, 0.15) is 47.0 Å². The van der Waals surface area contributed by atoms with Gasteiger partial charge in [0.15, 0.2) is 0 Å². The summed E-state index contributed by atoms with van der Waals surface area (Å²) in [5.41, 5.74) is -0.579. The molecule has 0 fully saturated rings. The number of carbonyl (C=O) groups excluding carboxylic acids is 1. The molecule has 1 rings (SSSR count). The van der Waals surface area contributed by atoms with Crippen molar-refractivity contribution in [1.29, 1.82) is 0 Å². The van der Waals surface area contributed by atoms with E-state index in [0.29, 0.717) is 0 Å². The van der Waals surface area contributed by atoms with Crippen molar-refractivity contribution in [2.24, 2.45) is 5.92 Å². The van der Waals surface area contributed by atoms with Gasteiger partial charge in [-0.25, -0.2) is 4.79 Å². The molecule has 0 aromatic rings. The van der Waals surface area contributed by atoms with Crippen LogP contribution in [0.4, 0.5) is 4.79 Å². The highest BCUT2D eigenvalue weighted by molar-refractivity contribution is 5.67. The van der Waals surface area contributed by atoms with E-state index < -0.39 is 11.7 Å². The van der Waals surface area contributed by atoms with Crippen LogP contribution in [0.5, 0.6) is 0 Å². The molecule has 0 unspecified atom stereocenters. The molecule has 17 heavy (non-hydrogen) atoms. The first-order chi connectivity index (χ1) is 7.85. The molecular formula is C13H23NO3. The molecule has 0 saturated heterocycles. The minimum atomic E-state index is -0.656. The van der Waals surface area contributed by atoms with Crippen molar-refractivity contribution in [3.05, 3.63) is 12.2 Å². The Kier molecular flexibility index (Phi) is 4.57. The van der Waals surface area contributed by atoms with Gasteiger partial charge in [0.2, 0.25) is 0 Å². The normalized spacial score (nSPS) is 24.5. The molecule has 0 heterocycles. The molecule has 98 valence electrons. The van der Waals surface area contributed by atoms with E-state index >= 15 is 0 Å². The van der Waals surface area contributed by atoms with Crippen molar-refractivity contribution in [3.63, 3.8) is 0 Å². The fourth-order valence-corrected chi connectivity index (χ4v) is 2.04. The number of allylic oxidation sites excluding steroid dienone is 1. The van der Waals surface area contributed by atoms with Crippen molar-refractivity contribution in [3.8, 4) is 0 Å². The second-order valence-corrected chi connectivity index (χ2v) is 5.47. The minimum absolute atomic E-state index is 0.167. The van der Waals surface area contributed by atoms with E-state index in [4.69, 9.17) is 4.74 Å². The number of hydrogen-bond donors (Lipinski definition) is 1. The van der Waals surface area contributed by atoms with Crippen LogP contribution < -0.4 is 0 Å². The monoisotopic (exact) mass is 241 g/mol. The molecule has 0 radical (unpaired) electrons. The Morgan fingerprint density at radius 2 is 2.18 bits per heavy atom. The number of hydrogen-bond acceptors (Lipinski definition) is 3. The maximum atomic E-state index is 11.7. The van der Waals surface area contributed by atoms with Crippen LogP contribution in [0.25, 0.3) is 0 Å². The predicted molar refractivity (Wildman–Crippen MR) is 65.8 cm³/mol. The summed E-state index contributed by atoms with van der Waals surface area (Å²) in [5.74, 6) is 0.210. The summed E-state index contributed by atoms with van der Waals surface area (Å²) in [6.45, 7) is 7.42. The van der Waals surface area contributed by atoms with E-state index in [9.17, 15) is 10.0 Å². The highest BCUT2D eigenvalue weighted by Crippen LogP contribution is 2.26. The van der Waals surface area contributed by atoms with E-state index in [1.54, 1.807) is 20.8 Å². The number of hydroxylamine groups is 2. The quantitative estimate of drug-likeness (QED) is 0.458. The highest BCUT2D eigenvalue weighted by atomic mass is 16.6. The SMILES string of the molecule is CC[C@H]1C=CCC[C@@H]1N(O)C(=O)OC(C)(C)C. The Morgan fingerprint density at radius 1 is 1.53 bits per heavy atom. The summed E-state index contributed by atoms with van der Waals surface area (Å²) in [5, 5.41) is 10.7. The van der Waals surface area contributed by atoms with Crippen LogP contribution in [0.2, 0.25) is 0 Å². The van der Waals surface area contributed by atoms with Gasteiger partial charge < -0.3 is 4.74 Å². The van der Waals surface area contributed by atoms with Crippen molar-refractivity contribution >= 4 is 6.09 Å². The molecular weight excluding hydrogens is 218 g/mol.